The van der Waals surface area contributed by atoms with Gasteiger partial charge in [-0.25, -0.2) is 0 Å². The van der Waals surface area contributed by atoms with Gasteiger partial charge in [-0.05, 0) is 51.0 Å². The van der Waals surface area contributed by atoms with Crippen LogP contribution in [0, 0.1) is 19.0 Å². The second-order valence-corrected chi connectivity index (χ2v) is 25.8. The first-order valence-electron chi connectivity index (χ1n) is 19.4. The third-order valence-electron chi connectivity index (χ3n) is 9.42. The minimum Gasteiger partial charge on any atom is 0 e. The second-order valence-electron chi connectivity index (χ2n) is 14.1. The Balaban J connectivity index is 0.000000192. The van der Waals surface area contributed by atoms with Crippen molar-refractivity contribution in [3.63, 3.8) is 0 Å². The number of benzene rings is 5. The summed E-state index contributed by atoms with van der Waals surface area (Å²) in [5.41, 5.74) is 9.32. The van der Waals surface area contributed by atoms with E-state index in [0.717, 1.165) is 43.9 Å². The SMILES string of the molecule is [2H]C([2H])([2H])c1cc(-c2[c-]ccc3c2sc2cc(-c4ccccc4)ccc23)ncc1-c1ccccc1.[CH3][Ge]([CH3])([CH3])[c]1ccc(-c2[c-]ccc(-c3ccccc3)n2)nc1.[Ir]. The van der Waals surface area contributed by atoms with Crippen molar-refractivity contribution >= 4 is 49.2 Å². The first-order valence-corrected chi connectivity index (χ1v) is 26.1. The number of pyridine rings is 3. The van der Waals surface area contributed by atoms with Crippen molar-refractivity contribution in [2.24, 2.45) is 0 Å². The van der Waals surface area contributed by atoms with Gasteiger partial charge in [-0.3, -0.25) is 0 Å². The summed E-state index contributed by atoms with van der Waals surface area (Å²) in [6, 6.07) is 57.0. The molecule has 55 heavy (non-hydrogen) atoms. The fourth-order valence-electron chi connectivity index (χ4n) is 6.45. The molecule has 0 saturated heterocycles. The van der Waals surface area contributed by atoms with Gasteiger partial charge in [0.15, 0.2) is 0 Å². The van der Waals surface area contributed by atoms with Gasteiger partial charge < -0.3 is 4.98 Å². The summed E-state index contributed by atoms with van der Waals surface area (Å²) in [4.78, 5) is 14.0. The van der Waals surface area contributed by atoms with Gasteiger partial charge in [0.1, 0.15) is 0 Å². The molecule has 4 heterocycles. The van der Waals surface area contributed by atoms with Crippen molar-refractivity contribution in [3.8, 4) is 56.2 Å². The molecule has 0 saturated carbocycles. The average Bonchev–Trinajstić information content (AvgIpc) is 3.62. The zero-order chi connectivity index (χ0) is 39.6. The molecule has 9 aromatic rings. The third kappa shape index (κ3) is 8.46. The van der Waals surface area contributed by atoms with Crippen LogP contribution in [0.4, 0.5) is 0 Å². The van der Waals surface area contributed by atoms with Crippen LogP contribution in [0.3, 0.4) is 0 Å². The molecule has 1 radical (unpaired) electrons. The van der Waals surface area contributed by atoms with Crippen molar-refractivity contribution < 1.29 is 24.2 Å². The Morgan fingerprint density at radius 2 is 1.25 bits per heavy atom. The summed E-state index contributed by atoms with van der Waals surface area (Å²) >= 11 is -0.117. The van der Waals surface area contributed by atoms with Gasteiger partial charge >= 0.3 is 134 Å². The molecular formula is C49H39GeIrN3S-2. The smallest absolute Gasteiger partial charge is 0 e. The zero-order valence-electron chi connectivity index (χ0n) is 33.7. The van der Waals surface area contributed by atoms with Crippen LogP contribution in [0.25, 0.3) is 76.3 Å². The maximum absolute atomic E-state index is 8.18. The maximum atomic E-state index is 8.18. The van der Waals surface area contributed by atoms with Crippen molar-refractivity contribution in [1.82, 2.24) is 15.0 Å². The fourth-order valence-corrected chi connectivity index (χ4v) is 9.87. The Hall–Kier alpha value is -5.04. The Morgan fingerprint density at radius 3 is 1.93 bits per heavy atom. The van der Waals surface area contributed by atoms with Crippen molar-refractivity contribution in [3.05, 3.63) is 182 Å². The monoisotopic (exact) mass is 971 g/mol. The summed E-state index contributed by atoms with van der Waals surface area (Å²) in [7, 11) is 0. The molecule has 4 aromatic heterocycles. The van der Waals surface area contributed by atoms with E-state index in [1.165, 1.54) is 25.6 Å². The Morgan fingerprint density at radius 1 is 0.582 bits per heavy atom. The van der Waals surface area contributed by atoms with Crippen molar-refractivity contribution in [2.75, 3.05) is 0 Å². The number of hydrogen-bond donors (Lipinski definition) is 0. The number of thiophene rings is 1. The summed E-state index contributed by atoms with van der Waals surface area (Å²) in [6.45, 7) is -2.26. The van der Waals surface area contributed by atoms with Crippen molar-refractivity contribution in [1.29, 1.82) is 0 Å². The number of nitrogens with zero attached hydrogens (tertiary/aromatic N) is 3. The van der Waals surface area contributed by atoms with Crippen LogP contribution in [-0.4, -0.2) is 28.2 Å². The summed E-state index contributed by atoms with van der Waals surface area (Å²) in [6.07, 6.45) is 3.69. The van der Waals surface area contributed by atoms with Crippen LogP contribution in [0.1, 0.15) is 9.68 Å². The molecule has 0 fully saturated rings. The fraction of sp³-hybridized carbons (Fsp3) is 0.0816. The Bertz CT molecular complexity index is 2810. The van der Waals surface area contributed by atoms with E-state index in [-0.39, 0.29) is 20.1 Å². The first-order chi connectivity index (χ1) is 27.5. The number of rotatable bonds is 6. The normalized spacial score (nSPS) is 12.2. The van der Waals surface area contributed by atoms with E-state index >= 15 is 0 Å². The van der Waals surface area contributed by atoms with Gasteiger partial charge in [0, 0.05) is 40.7 Å². The molecule has 0 unspecified atom stereocenters. The van der Waals surface area contributed by atoms with E-state index in [1.807, 2.05) is 91.1 Å². The number of fused-ring (bicyclic) bond motifs is 3. The van der Waals surface area contributed by atoms with Gasteiger partial charge in [-0.2, -0.15) is 11.3 Å². The minimum atomic E-state index is -2.26. The van der Waals surface area contributed by atoms with Crippen LogP contribution in [0.5, 0.6) is 0 Å². The molecule has 3 nitrogen and oxygen atoms in total. The summed E-state index contributed by atoms with van der Waals surface area (Å²) in [5.74, 6) is 7.12. The van der Waals surface area contributed by atoms with Crippen LogP contribution < -0.4 is 4.40 Å². The minimum absolute atomic E-state index is 0. The van der Waals surface area contributed by atoms with Gasteiger partial charge in [-0.1, -0.05) is 84.2 Å². The third-order valence-corrected chi connectivity index (χ3v) is 14.9. The molecule has 0 amide bonds. The standard InChI is InChI=1S/C30H20NS.C19H19GeN2.Ir/c1-20-17-28(31-19-27(20)22-11-6-3-7-12-22)26-14-8-13-25-24-16-15-23(18-29(24)32-30(25)26)21-9-4-2-5-10-21;1-20(2,3)16-12-13-18(21-14-16)19-11-7-10-17(22-19)15-8-5-4-6-9-15;/h2-13,15-19H,1H3;4-10,12-14H,1-3H3;/q2*-1;/i1D3;;. The number of aryl methyl sites for hydroxylation is 1. The Kier molecular flexibility index (Phi) is 10.5. The Labute approximate surface area is 348 Å². The van der Waals surface area contributed by atoms with Gasteiger partial charge in [-0.15, -0.1) is 23.8 Å². The molecule has 271 valence electrons. The second kappa shape index (κ2) is 16.8. The molecule has 0 spiro atoms. The van der Waals surface area contributed by atoms with Crippen LogP contribution >= 0.6 is 11.3 Å². The van der Waals surface area contributed by atoms with Crippen LogP contribution in [0.15, 0.2) is 164 Å². The molecule has 0 aliphatic carbocycles. The van der Waals surface area contributed by atoms with Crippen LogP contribution in [-0.2, 0) is 20.1 Å². The average molecular weight is 970 g/mol. The maximum Gasteiger partial charge on any atom is 0 e. The van der Waals surface area contributed by atoms with E-state index in [4.69, 9.17) is 14.1 Å². The van der Waals surface area contributed by atoms with Crippen molar-refractivity contribution in [2.45, 2.75) is 24.1 Å². The molecule has 0 aliphatic rings. The largest absolute Gasteiger partial charge is 0 e. The van der Waals surface area contributed by atoms with E-state index in [0.29, 0.717) is 16.8 Å². The predicted molar refractivity (Wildman–Crippen MR) is 232 cm³/mol. The van der Waals surface area contributed by atoms with E-state index in [2.05, 4.69) is 95.0 Å². The topological polar surface area (TPSA) is 38.7 Å². The molecule has 6 heteroatoms. The zero-order valence-corrected chi connectivity index (χ0v) is 36.0. The molecular weight excluding hydrogens is 927 g/mol. The van der Waals surface area contributed by atoms with E-state index in [9.17, 15) is 0 Å². The first kappa shape index (κ1) is 34.5. The summed E-state index contributed by atoms with van der Waals surface area (Å²) in [5, 5.41) is 2.31. The summed E-state index contributed by atoms with van der Waals surface area (Å²) < 4.78 is 28.2. The molecule has 0 N–H and O–H groups in total. The van der Waals surface area contributed by atoms with Crippen LogP contribution in [0.2, 0.25) is 17.3 Å². The molecule has 5 aromatic carbocycles. The molecule has 9 rings (SSSR count). The molecule has 0 atom stereocenters. The number of aromatic nitrogens is 3. The number of hydrogen-bond acceptors (Lipinski definition) is 4. The quantitative estimate of drug-likeness (QED) is 0.123. The van der Waals surface area contributed by atoms with E-state index in [1.54, 1.807) is 23.6 Å². The van der Waals surface area contributed by atoms with E-state index < -0.39 is 20.1 Å². The van der Waals surface area contributed by atoms with Gasteiger partial charge in [0.25, 0.3) is 0 Å². The van der Waals surface area contributed by atoms with Gasteiger partial charge in [0.05, 0.1) is 0 Å². The van der Waals surface area contributed by atoms with Gasteiger partial charge in [0.2, 0.25) is 0 Å². The molecule has 0 bridgehead atoms. The predicted octanol–water partition coefficient (Wildman–Crippen LogP) is 12.7. The molecule has 0 aliphatic heterocycles.